The number of carbonyl (C=O) groups is 2. The number of nitrogens with zero attached hydrogens (tertiary/aromatic N) is 2. The van der Waals surface area contributed by atoms with Crippen molar-refractivity contribution in [2.24, 2.45) is 0 Å². The highest BCUT2D eigenvalue weighted by Gasteiger charge is 2.30. The number of ether oxygens (including phenoxy) is 1. The molecule has 1 heterocycles. The molecule has 1 saturated carbocycles. The van der Waals surface area contributed by atoms with Crippen LogP contribution in [0.15, 0.2) is 29.4 Å². The van der Waals surface area contributed by atoms with Crippen LogP contribution in [0.25, 0.3) is 0 Å². The maximum Gasteiger partial charge on any atom is 0.325 e. The lowest BCUT2D eigenvalue weighted by molar-refractivity contribution is -0.143. The van der Waals surface area contributed by atoms with E-state index in [-0.39, 0.29) is 12.5 Å². The maximum atomic E-state index is 12.7. The average molecular weight is 355 g/mol. The maximum absolute atomic E-state index is 12.7. The number of hydrogen-bond donors (Lipinski definition) is 0. The number of hydrogen-bond acceptors (Lipinski definition) is 3. The summed E-state index contributed by atoms with van der Waals surface area (Å²) in [5.41, 5.74) is 0.593. The van der Waals surface area contributed by atoms with Crippen molar-refractivity contribution in [3.63, 3.8) is 0 Å². The highest BCUT2D eigenvalue weighted by atomic mass is 79.9. The lowest BCUT2D eigenvalue weighted by Gasteiger charge is -2.21. The zero-order valence-electron chi connectivity index (χ0n) is 12.0. The van der Waals surface area contributed by atoms with Crippen LogP contribution in [-0.4, -0.2) is 41.0 Å². The molecule has 1 fully saturated rings. The molecule has 0 saturated heterocycles. The molecular weight excluding hydrogens is 336 g/mol. The Morgan fingerprint density at radius 3 is 2.86 bits per heavy atom. The van der Waals surface area contributed by atoms with Crippen molar-refractivity contribution in [3.05, 3.63) is 35.1 Å². The molecule has 114 valence electrons. The summed E-state index contributed by atoms with van der Waals surface area (Å²) < 4.78 is 7.76. The molecule has 1 aromatic heterocycles. The van der Waals surface area contributed by atoms with Gasteiger partial charge in [-0.15, -0.1) is 6.58 Å². The molecule has 0 aliphatic heterocycles. The van der Waals surface area contributed by atoms with Gasteiger partial charge in [0, 0.05) is 23.3 Å². The second-order valence-electron chi connectivity index (χ2n) is 4.96. The molecule has 5 nitrogen and oxygen atoms in total. The number of esters is 1. The second kappa shape index (κ2) is 6.93. The van der Waals surface area contributed by atoms with Crippen LogP contribution in [0.1, 0.15) is 36.3 Å². The number of rotatable bonds is 7. The van der Waals surface area contributed by atoms with E-state index in [4.69, 9.17) is 4.74 Å². The minimum atomic E-state index is -0.406. The molecule has 0 spiro atoms. The van der Waals surface area contributed by atoms with Crippen LogP contribution in [0.2, 0.25) is 0 Å². The van der Waals surface area contributed by atoms with E-state index in [0.717, 1.165) is 17.3 Å². The topological polar surface area (TPSA) is 51.5 Å². The van der Waals surface area contributed by atoms with Gasteiger partial charge < -0.3 is 14.2 Å². The highest BCUT2D eigenvalue weighted by Crippen LogP contribution is 2.37. The van der Waals surface area contributed by atoms with Gasteiger partial charge in [0.1, 0.15) is 12.2 Å². The first kappa shape index (κ1) is 15.8. The SMILES string of the molecule is C=CCN(CC(=O)OCC)C(=O)c1cc(Br)cn1C1CC1. The van der Waals surface area contributed by atoms with Gasteiger partial charge in [-0.2, -0.15) is 0 Å². The Morgan fingerprint density at radius 2 is 2.29 bits per heavy atom. The zero-order valence-corrected chi connectivity index (χ0v) is 13.6. The molecule has 0 atom stereocenters. The second-order valence-corrected chi connectivity index (χ2v) is 5.88. The lowest BCUT2D eigenvalue weighted by atomic mass is 10.3. The van der Waals surface area contributed by atoms with Gasteiger partial charge in [-0.05, 0) is 41.8 Å². The minimum Gasteiger partial charge on any atom is -0.465 e. The summed E-state index contributed by atoms with van der Waals surface area (Å²) in [6.07, 6.45) is 5.69. The summed E-state index contributed by atoms with van der Waals surface area (Å²) in [5, 5.41) is 0. The van der Waals surface area contributed by atoms with E-state index in [2.05, 4.69) is 22.5 Å². The van der Waals surface area contributed by atoms with E-state index in [1.165, 1.54) is 4.90 Å². The predicted molar refractivity (Wildman–Crippen MR) is 83.1 cm³/mol. The van der Waals surface area contributed by atoms with E-state index >= 15 is 0 Å². The van der Waals surface area contributed by atoms with Gasteiger partial charge in [0.05, 0.1) is 6.61 Å². The Bertz CT molecular complexity index is 549. The molecule has 1 amide bonds. The molecule has 0 aromatic carbocycles. The monoisotopic (exact) mass is 354 g/mol. The van der Waals surface area contributed by atoms with Crippen LogP contribution >= 0.6 is 15.9 Å². The van der Waals surface area contributed by atoms with Gasteiger partial charge >= 0.3 is 5.97 Å². The van der Waals surface area contributed by atoms with Gasteiger partial charge in [0.15, 0.2) is 0 Å². The largest absolute Gasteiger partial charge is 0.465 e. The fourth-order valence-electron chi connectivity index (χ4n) is 2.17. The molecule has 1 aromatic rings. The quantitative estimate of drug-likeness (QED) is 0.558. The van der Waals surface area contributed by atoms with Crippen molar-refractivity contribution in [1.29, 1.82) is 0 Å². The van der Waals surface area contributed by atoms with Crippen molar-refractivity contribution < 1.29 is 14.3 Å². The van der Waals surface area contributed by atoms with Gasteiger partial charge in [-0.3, -0.25) is 9.59 Å². The third kappa shape index (κ3) is 3.97. The zero-order chi connectivity index (χ0) is 15.4. The number of halogens is 1. The summed E-state index contributed by atoms with van der Waals surface area (Å²) in [5.74, 6) is -0.586. The van der Waals surface area contributed by atoms with Crippen molar-refractivity contribution in [2.45, 2.75) is 25.8 Å². The Kier molecular flexibility index (Phi) is 5.22. The van der Waals surface area contributed by atoms with Crippen LogP contribution < -0.4 is 0 Å². The van der Waals surface area contributed by atoms with Crippen molar-refractivity contribution in [1.82, 2.24) is 9.47 Å². The standard InChI is InChI=1S/C15H19BrN2O3/c1-3-7-17(10-14(19)21-4-2)15(20)13-8-11(16)9-18(13)12-5-6-12/h3,8-9,12H,1,4-7,10H2,2H3. The predicted octanol–water partition coefficient (Wildman–Crippen LogP) is 2.78. The fraction of sp³-hybridized carbons (Fsp3) is 0.467. The van der Waals surface area contributed by atoms with E-state index in [1.807, 2.05) is 10.8 Å². The van der Waals surface area contributed by atoms with Crippen LogP contribution in [0.5, 0.6) is 0 Å². The van der Waals surface area contributed by atoms with E-state index in [9.17, 15) is 9.59 Å². The number of amides is 1. The van der Waals surface area contributed by atoms with E-state index in [0.29, 0.717) is 24.9 Å². The van der Waals surface area contributed by atoms with Gasteiger partial charge in [0.25, 0.3) is 5.91 Å². The first-order valence-electron chi connectivity index (χ1n) is 7.00. The van der Waals surface area contributed by atoms with Gasteiger partial charge in [-0.25, -0.2) is 0 Å². The Hall–Kier alpha value is -1.56. The minimum absolute atomic E-state index is 0.0633. The summed E-state index contributed by atoms with van der Waals surface area (Å²) >= 11 is 3.41. The molecule has 6 heteroatoms. The van der Waals surface area contributed by atoms with Crippen molar-refractivity contribution in [2.75, 3.05) is 19.7 Å². The van der Waals surface area contributed by atoms with E-state index < -0.39 is 5.97 Å². The van der Waals surface area contributed by atoms with Crippen molar-refractivity contribution in [3.8, 4) is 0 Å². The summed E-state index contributed by atoms with van der Waals surface area (Å²) in [4.78, 5) is 25.8. The first-order valence-corrected chi connectivity index (χ1v) is 7.79. The normalized spacial score (nSPS) is 13.8. The Labute approximate surface area is 132 Å². The third-order valence-electron chi connectivity index (χ3n) is 3.24. The molecule has 2 rings (SSSR count). The lowest BCUT2D eigenvalue weighted by Crippen LogP contribution is -2.37. The molecule has 0 N–H and O–H groups in total. The van der Waals surface area contributed by atoms with Crippen LogP contribution in [0.3, 0.4) is 0 Å². The highest BCUT2D eigenvalue weighted by molar-refractivity contribution is 9.10. The summed E-state index contributed by atoms with van der Waals surface area (Å²) in [6, 6.07) is 2.19. The molecule has 21 heavy (non-hydrogen) atoms. The van der Waals surface area contributed by atoms with Crippen LogP contribution in [0, 0.1) is 0 Å². The van der Waals surface area contributed by atoms with Gasteiger partial charge in [-0.1, -0.05) is 6.08 Å². The third-order valence-corrected chi connectivity index (χ3v) is 3.67. The molecule has 0 unspecified atom stereocenters. The molecule has 1 aliphatic carbocycles. The Balaban J connectivity index is 2.17. The van der Waals surface area contributed by atoms with Crippen molar-refractivity contribution >= 4 is 27.8 Å². The summed E-state index contributed by atoms with van der Waals surface area (Å²) in [7, 11) is 0. The first-order chi connectivity index (χ1) is 10.1. The van der Waals surface area contributed by atoms with Crippen LogP contribution in [-0.2, 0) is 9.53 Å². The fourth-order valence-corrected chi connectivity index (χ4v) is 2.61. The molecule has 0 bridgehead atoms. The van der Waals surface area contributed by atoms with Crippen LogP contribution in [0.4, 0.5) is 0 Å². The Morgan fingerprint density at radius 1 is 1.57 bits per heavy atom. The van der Waals surface area contributed by atoms with Gasteiger partial charge in [0.2, 0.25) is 0 Å². The van der Waals surface area contributed by atoms with E-state index in [1.54, 1.807) is 19.1 Å². The average Bonchev–Trinajstić information content (AvgIpc) is 3.20. The molecule has 1 aliphatic rings. The molecule has 0 radical (unpaired) electrons. The number of aromatic nitrogens is 1. The smallest absolute Gasteiger partial charge is 0.325 e. The number of carbonyl (C=O) groups excluding carboxylic acids is 2. The molecular formula is C15H19BrN2O3. The summed E-state index contributed by atoms with van der Waals surface area (Å²) in [6.45, 7) is 5.94.